The first-order valence-electron chi connectivity index (χ1n) is 21.9. The Morgan fingerprint density at radius 1 is 0.886 bits per heavy atom. The molecule has 1 saturated heterocycles. The van der Waals surface area contributed by atoms with Crippen molar-refractivity contribution in [2.24, 2.45) is 5.41 Å². The summed E-state index contributed by atoms with van der Waals surface area (Å²) in [5.41, 5.74) is 4.28. The van der Waals surface area contributed by atoms with Crippen molar-refractivity contribution >= 4 is 126 Å². The van der Waals surface area contributed by atoms with Crippen LogP contribution in [0.2, 0.25) is 0 Å². The fraction of sp³-hybridized carbons (Fsp3) is 0.692. The van der Waals surface area contributed by atoms with Gasteiger partial charge in [0.15, 0.2) is 22.8 Å². The number of aliphatic hydroxyl groups is 2. The van der Waals surface area contributed by atoms with Crippen LogP contribution < -0.4 is 16.4 Å². The van der Waals surface area contributed by atoms with Gasteiger partial charge in [-0.3, -0.25) is 32.5 Å². The SMILES string of the molecule is CCCCC/C=C\C/C=C\CCCCCCCC(=O)SCCNC(=O)CCNC(=O)[C@H](O)C(C)(C)COP(=O)(O)OP(=O)(O)OC[C@H]1O[C@@H](n2cnc3c(N)ncnc32)[C@H](O)[C@@H]1OP(=O)(O)O.[Li].[Li].[Li]. The summed E-state index contributed by atoms with van der Waals surface area (Å²) in [5.74, 6) is -1.04. The van der Waals surface area contributed by atoms with Gasteiger partial charge in [-0.15, -0.1) is 0 Å². The molecule has 3 radical (unpaired) electrons. The summed E-state index contributed by atoms with van der Waals surface area (Å²) in [6.07, 6.45) is 14.6. The molecule has 0 aliphatic carbocycles. The monoisotopic (exact) mass is 1050 g/mol. The minimum absolute atomic E-state index is 0. The van der Waals surface area contributed by atoms with E-state index in [1.807, 2.05) is 0 Å². The standard InChI is InChI=1S/C39H66N7O17P3S.3Li/c1-4-5-6-7-8-9-10-11-12-13-14-15-16-17-18-19-30(48)67-23-22-41-29(47)20-21-42-37(51)34(50)39(2,3)25-60-66(57,58)63-65(55,56)59-24-28-33(62-64(52,53)54)32(49)38(61-28)46-27-45-31-35(40)43-26-44-36(31)46;;;/h8-9,11-12,26-28,32-34,38,49-50H,4-7,10,13-25H2,1-3H3,(H,41,47)(H,42,51)(H,55,56)(H,57,58)(H2,40,43,44)(H2,52,53,54);;;/b9-8-,12-11-;;;/t28-,32-,33-,34+,38-;;;/m1.../s1. The average molecular weight is 1050 g/mol. The van der Waals surface area contributed by atoms with Gasteiger partial charge in [0.1, 0.15) is 36.3 Å². The maximum Gasteiger partial charge on any atom is 0.481 e. The quantitative estimate of drug-likeness (QED) is 0.0214. The normalized spacial score (nSPS) is 19.4. The molecule has 7 atom stereocenters. The fourth-order valence-corrected chi connectivity index (χ4v) is 10.00. The van der Waals surface area contributed by atoms with Crippen LogP contribution in [0.25, 0.3) is 11.2 Å². The molecule has 31 heteroatoms. The number of aromatic nitrogens is 4. The van der Waals surface area contributed by atoms with Gasteiger partial charge in [-0.1, -0.05) is 88.9 Å². The Bertz CT molecular complexity index is 2110. The molecule has 3 rings (SSSR count). The van der Waals surface area contributed by atoms with Crippen LogP contribution in [-0.2, 0) is 50.7 Å². The number of hydrogen-bond acceptors (Lipinski definition) is 18. The minimum atomic E-state index is -5.58. The third-order valence-corrected chi connectivity index (χ3v) is 14.1. The van der Waals surface area contributed by atoms with E-state index in [4.69, 9.17) is 19.5 Å². The van der Waals surface area contributed by atoms with Gasteiger partial charge in [0.2, 0.25) is 11.8 Å². The Balaban J connectivity index is 0.0000159. The second-order valence-corrected chi connectivity index (χ2v) is 21.7. The average Bonchev–Trinajstić information content (AvgIpc) is 3.81. The summed E-state index contributed by atoms with van der Waals surface area (Å²) in [5, 5.41) is 26.6. The van der Waals surface area contributed by atoms with Gasteiger partial charge < -0.3 is 50.9 Å². The first-order valence-corrected chi connectivity index (χ1v) is 27.4. The molecule has 24 nitrogen and oxygen atoms in total. The summed E-state index contributed by atoms with van der Waals surface area (Å²) in [6, 6.07) is 0. The fourth-order valence-electron chi connectivity index (χ4n) is 6.45. The Hall–Kier alpha value is -1.17. The number of carbonyl (C=O) groups excluding carboxylic acids is 3. The number of imidazole rings is 1. The van der Waals surface area contributed by atoms with Crippen molar-refractivity contribution in [2.75, 3.05) is 37.8 Å². The minimum Gasteiger partial charge on any atom is -0.386 e. The summed E-state index contributed by atoms with van der Waals surface area (Å²) in [6.45, 7) is 2.76. The smallest absolute Gasteiger partial charge is 0.386 e. The van der Waals surface area contributed by atoms with Crippen molar-refractivity contribution < 1.29 is 80.5 Å². The number of nitrogens with one attached hydrogen (secondary N) is 2. The number of phosphoric ester groups is 3. The van der Waals surface area contributed by atoms with E-state index in [-0.39, 0.29) is 98.2 Å². The van der Waals surface area contributed by atoms with Crippen molar-refractivity contribution in [1.29, 1.82) is 0 Å². The van der Waals surface area contributed by atoms with Crippen molar-refractivity contribution in [3.63, 3.8) is 0 Å². The molecular formula is C39H66Li3N7O17P3S. The number of ether oxygens (including phenoxy) is 1. The van der Waals surface area contributed by atoms with E-state index in [1.165, 1.54) is 33.1 Å². The van der Waals surface area contributed by atoms with Crippen molar-refractivity contribution in [3.8, 4) is 0 Å². The number of hydrogen-bond donors (Lipinski definition) is 9. The van der Waals surface area contributed by atoms with Gasteiger partial charge in [-0.2, -0.15) is 4.31 Å². The second-order valence-electron chi connectivity index (χ2n) is 16.3. The summed E-state index contributed by atoms with van der Waals surface area (Å²) >= 11 is 1.14. The molecule has 2 aromatic heterocycles. The van der Waals surface area contributed by atoms with E-state index >= 15 is 0 Å². The van der Waals surface area contributed by atoms with Gasteiger partial charge in [0.05, 0.1) is 19.5 Å². The number of anilines is 1. The van der Waals surface area contributed by atoms with Crippen LogP contribution >= 0.6 is 35.2 Å². The molecule has 0 saturated carbocycles. The van der Waals surface area contributed by atoms with Crippen LogP contribution in [0.4, 0.5) is 5.82 Å². The number of phosphoric acid groups is 3. The molecule has 1 fully saturated rings. The molecule has 1 aliphatic rings. The van der Waals surface area contributed by atoms with Gasteiger partial charge in [-0.05, 0) is 38.5 Å². The van der Waals surface area contributed by atoms with Crippen molar-refractivity contribution in [3.05, 3.63) is 37.0 Å². The molecule has 2 aromatic rings. The second kappa shape index (κ2) is 34.4. The van der Waals surface area contributed by atoms with Crippen LogP contribution in [0.1, 0.15) is 110 Å². The molecule has 383 valence electrons. The number of thioether (sulfide) groups is 1. The number of nitrogens with two attached hydrogens (primary N) is 1. The van der Waals surface area contributed by atoms with Crippen LogP contribution in [0.3, 0.4) is 0 Å². The summed E-state index contributed by atoms with van der Waals surface area (Å²) < 4.78 is 62.4. The molecule has 0 aromatic carbocycles. The van der Waals surface area contributed by atoms with Crippen LogP contribution in [0.5, 0.6) is 0 Å². The number of fused-ring (bicyclic) bond motifs is 1. The number of rotatable bonds is 33. The zero-order chi connectivity index (χ0) is 49.7. The zero-order valence-electron chi connectivity index (χ0n) is 40.9. The van der Waals surface area contributed by atoms with Gasteiger partial charge in [0, 0.05) is 93.7 Å². The first kappa shape index (κ1) is 68.8. The number of unbranched alkanes of at least 4 members (excludes halogenated alkanes) is 8. The van der Waals surface area contributed by atoms with E-state index in [2.05, 4.69) is 65.6 Å². The Labute approximate surface area is 448 Å². The van der Waals surface area contributed by atoms with E-state index < -0.39 is 84.6 Å². The number of allylic oxidation sites excluding steroid dienone is 4. The van der Waals surface area contributed by atoms with Gasteiger partial charge >= 0.3 is 23.5 Å². The molecule has 3 heterocycles. The molecular weight excluding hydrogens is 984 g/mol. The van der Waals surface area contributed by atoms with E-state index in [1.54, 1.807) is 0 Å². The number of nitrogen functional groups attached to an aromatic ring is 1. The predicted molar refractivity (Wildman–Crippen MR) is 264 cm³/mol. The molecule has 10 N–H and O–H groups in total. The number of amides is 2. The maximum absolute atomic E-state index is 12.7. The first-order chi connectivity index (χ1) is 31.6. The van der Waals surface area contributed by atoms with E-state index in [0.29, 0.717) is 12.2 Å². The van der Waals surface area contributed by atoms with Crippen LogP contribution in [0.15, 0.2) is 37.0 Å². The van der Waals surface area contributed by atoms with Gasteiger partial charge in [0.25, 0.3) is 0 Å². The largest absolute Gasteiger partial charge is 0.481 e. The number of nitrogens with zero attached hydrogens (tertiary/aromatic N) is 4. The van der Waals surface area contributed by atoms with Crippen LogP contribution in [-0.4, -0.2) is 179 Å². The Morgan fingerprint density at radius 2 is 1.51 bits per heavy atom. The van der Waals surface area contributed by atoms with E-state index in [0.717, 1.165) is 80.4 Å². The predicted octanol–water partition coefficient (Wildman–Crippen LogP) is 3.34. The molecule has 2 unspecified atom stereocenters. The van der Waals surface area contributed by atoms with Crippen molar-refractivity contribution in [1.82, 2.24) is 30.2 Å². The maximum atomic E-state index is 12.7. The molecule has 2 amide bonds. The third-order valence-electron chi connectivity index (χ3n) is 10.1. The summed E-state index contributed by atoms with van der Waals surface area (Å²) in [4.78, 5) is 88.3. The van der Waals surface area contributed by atoms with Crippen molar-refractivity contribution in [2.45, 2.75) is 135 Å². The molecule has 0 bridgehead atoms. The molecule has 1 aliphatic heterocycles. The number of carbonyl (C=O) groups is 3. The van der Waals surface area contributed by atoms with E-state index in [9.17, 15) is 57.9 Å². The van der Waals surface area contributed by atoms with Gasteiger partial charge in [-0.25, -0.2) is 28.6 Å². The topological polar surface area (TPSA) is 364 Å². The molecule has 0 spiro atoms. The Morgan fingerprint density at radius 3 is 2.17 bits per heavy atom. The third kappa shape index (κ3) is 25.9. The van der Waals surface area contributed by atoms with Crippen LogP contribution in [0, 0.1) is 5.41 Å². The summed E-state index contributed by atoms with van der Waals surface area (Å²) in [7, 11) is -16.4. The number of aliphatic hydroxyl groups excluding tert-OH is 2. The molecule has 70 heavy (non-hydrogen) atoms. The Kier molecular flexibility index (Phi) is 33.8. The zero-order valence-corrected chi connectivity index (χ0v) is 44.4.